The predicted octanol–water partition coefficient (Wildman–Crippen LogP) is 2.74. The third kappa shape index (κ3) is 5.83. The summed E-state index contributed by atoms with van der Waals surface area (Å²) >= 11 is 0. The van der Waals surface area contributed by atoms with Gasteiger partial charge in [-0.2, -0.15) is 0 Å². The molecule has 0 bridgehead atoms. The van der Waals surface area contributed by atoms with Crippen LogP contribution in [0.15, 0.2) is 23.9 Å². The largest absolute Gasteiger partial charge is 0.497 e. The Labute approximate surface area is 141 Å². The highest BCUT2D eigenvalue weighted by molar-refractivity contribution is 5.97. The van der Waals surface area contributed by atoms with E-state index in [-0.39, 0.29) is 5.70 Å². The highest BCUT2D eigenvalue weighted by atomic mass is 16.6. The molecule has 24 heavy (non-hydrogen) atoms. The van der Waals surface area contributed by atoms with E-state index in [1.165, 1.54) is 27.4 Å². The lowest BCUT2D eigenvalue weighted by Crippen LogP contribution is -2.34. The van der Waals surface area contributed by atoms with Gasteiger partial charge in [0.1, 0.15) is 22.8 Å². The van der Waals surface area contributed by atoms with E-state index in [1.807, 2.05) is 0 Å². The number of esters is 1. The van der Waals surface area contributed by atoms with Gasteiger partial charge in [0.15, 0.2) is 0 Å². The number of alkyl carbamates (subject to hydrolysis) is 1. The second-order valence-electron chi connectivity index (χ2n) is 5.78. The molecule has 1 aromatic carbocycles. The number of carbonyl (C=O) groups excluding carboxylic acids is 2. The first-order chi connectivity index (χ1) is 11.2. The van der Waals surface area contributed by atoms with Crippen LogP contribution in [0.3, 0.4) is 0 Å². The molecule has 1 aromatic rings. The van der Waals surface area contributed by atoms with Gasteiger partial charge in [0.2, 0.25) is 0 Å². The molecule has 7 nitrogen and oxygen atoms in total. The summed E-state index contributed by atoms with van der Waals surface area (Å²) in [5.41, 5.74) is -0.245. The number of amides is 1. The minimum Gasteiger partial charge on any atom is -0.497 e. The normalized spacial score (nSPS) is 11.5. The maximum Gasteiger partial charge on any atom is 0.412 e. The van der Waals surface area contributed by atoms with Gasteiger partial charge in [-0.15, -0.1) is 0 Å². The van der Waals surface area contributed by atoms with Crippen LogP contribution in [0, 0.1) is 0 Å². The van der Waals surface area contributed by atoms with Crippen molar-refractivity contribution in [1.82, 2.24) is 5.32 Å². The van der Waals surface area contributed by atoms with Crippen LogP contribution in [0.5, 0.6) is 11.5 Å². The molecule has 0 aliphatic carbocycles. The van der Waals surface area contributed by atoms with Crippen LogP contribution in [0.2, 0.25) is 0 Å². The van der Waals surface area contributed by atoms with Gasteiger partial charge in [-0.05, 0) is 45.0 Å². The van der Waals surface area contributed by atoms with Gasteiger partial charge in [0.25, 0.3) is 0 Å². The molecule has 0 heterocycles. The van der Waals surface area contributed by atoms with Gasteiger partial charge in [0.05, 0.1) is 21.3 Å². The summed E-state index contributed by atoms with van der Waals surface area (Å²) in [6.07, 6.45) is 0.665. The monoisotopic (exact) mass is 337 g/mol. The fraction of sp³-hybridized carbons (Fsp3) is 0.412. The zero-order valence-electron chi connectivity index (χ0n) is 14.8. The number of benzene rings is 1. The van der Waals surface area contributed by atoms with Crippen molar-refractivity contribution in [2.75, 3.05) is 21.3 Å². The van der Waals surface area contributed by atoms with Gasteiger partial charge in [-0.25, -0.2) is 9.59 Å². The Morgan fingerprint density at radius 1 is 1.08 bits per heavy atom. The van der Waals surface area contributed by atoms with E-state index >= 15 is 0 Å². The molecular formula is C17H23NO6. The fourth-order valence-corrected chi connectivity index (χ4v) is 1.78. The molecule has 0 aromatic heterocycles. The summed E-state index contributed by atoms with van der Waals surface area (Å²) in [4.78, 5) is 23.9. The van der Waals surface area contributed by atoms with Crippen molar-refractivity contribution >= 4 is 18.1 Å². The van der Waals surface area contributed by atoms with Crippen molar-refractivity contribution < 1.29 is 28.5 Å². The highest BCUT2D eigenvalue weighted by Gasteiger charge is 2.20. The molecule has 0 spiro atoms. The molecule has 0 saturated carbocycles. The summed E-state index contributed by atoms with van der Waals surface area (Å²) in [6, 6.07) is 5.07. The Morgan fingerprint density at radius 3 is 2.25 bits per heavy atom. The summed E-state index contributed by atoms with van der Waals surface area (Å²) in [6.45, 7) is 5.16. The Morgan fingerprint density at radius 2 is 1.75 bits per heavy atom. The van der Waals surface area contributed by atoms with Crippen LogP contribution >= 0.6 is 0 Å². The molecule has 0 unspecified atom stereocenters. The zero-order chi connectivity index (χ0) is 18.3. The molecule has 7 heteroatoms. The van der Waals surface area contributed by atoms with Crippen molar-refractivity contribution in [2.45, 2.75) is 26.4 Å². The van der Waals surface area contributed by atoms with Crippen molar-refractivity contribution in [3.63, 3.8) is 0 Å². The predicted molar refractivity (Wildman–Crippen MR) is 88.9 cm³/mol. The third-order valence-corrected chi connectivity index (χ3v) is 2.78. The van der Waals surface area contributed by atoms with Gasteiger partial charge < -0.3 is 18.9 Å². The fourth-order valence-electron chi connectivity index (χ4n) is 1.78. The molecule has 132 valence electrons. The van der Waals surface area contributed by atoms with Crippen LogP contribution in [0.25, 0.3) is 6.08 Å². The standard InChI is InChI=1S/C17H23NO6/c1-17(2,3)24-16(20)18-13(15(19)23-6)10-11-9-12(21-4)7-8-14(11)22-5/h7-10H,1-6H3,(H,18,20)/b13-10+. The average molecular weight is 337 g/mol. The molecule has 0 radical (unpaired) electrons. The van der Waals surface area contributed by atoms with Crippen molar-refractivity contribution in [3.05, 3.63) is 29.5 Å². The number of nitrogens with one attached hydrogen (secondary N) is 1. The second-order valence-corrected chi connectivity index (χ2v) is 5.78. The van der Waals surface area contributed by atoms with Crippen LogP contribution in [-0.4, -0.2) is 39.0 Å². The molecule has 0 saturated heterocycles. The average Bonchev–Trinajstić information content (AvgIpc) is 2.51. The first-order valence-electron chi connectivity index (χ1n) is 7.22. The van der Waals surface area contributed by atoms with Gasteiger partial charge in [-0.1, -0.05) is 0 Å². The molecule has 1 amide bonds. The summed E-state index contributed by atoms with van der Waals surface area (Å²) < 4.78 is 20.2. The van der Waals surface area contributed by atoms with E-state index in [4.69, 9.17) is 18.9 Å². The number of ether oxygens (including phenoxy) is 4. The summed E-state index contributed by atoms with van der Waals surface area (Å²) in [5.74, 6) is 0.359. The summed E-state index contributed by atoms with van der Waals surface area (Å²) in [7, 11) is 4.24. The molecular weight excluding hydrogens is 314 g/mol. The maximum atomic E-state index is 11.9. The number of rotatable bonds is 5. The Hall–Kier alpha value is -2.70. The van der Waals surface area contributed by atoms with E-state index in [1.54, 1.807) is 39.0 Å². The molecule has 1 N–H and O–H groups in total. The Kier molecular flexibility index (Phi) is 6.64. The van der Waals surface area contributed by atoms with Crippen molar-refractivity contribution in [2.24, 2.45) is 0 Å². The van der Waals surface area contributed by atoms with Crippen molar-refractivity contribution in [3.8, 4) is 11.5 Å². The smallest absolute Gasteiger partial charge is 0.412 e. The number of methoxy groups -OCH3 is 3. The lowest BCUT2D eigenvalue weighted by Gasteiger charge is -2.20. The van der Waals surface area contributed by atoms with Crippen LogP contribution in [-0.2, 0) is 14.3 Å². The second kappa shape index (κ2) is 8.24. The number of hydrogen-bond acceptors (Lipinski definition) is 6. The molecule has 0 aliphatic rings. The van der Waals surface area contributed by atoms with E-state index in [0.717, 1.165) is 0 Å². The van der Waals surface area contributed by atoms with E-state index in [0.29, 0.717) is 17.1 Å². The van der Waals surface area contributed by atoms with E-state index in [2.05, 4.69) is 5.32 Å². The van der Waals surface area contributed by atoms with E-state index in [9.17, 15) is 9.59 Å². The van der Waals surface area contributed by atoms with Gasteiger partial charge >= 0.3 is 12.1 Å². The number of carbonyl (C=O) groups is 2. The first-order valence-corrected chi connectivity index (χ1v) is 7.22. The van der Waals surface area contributed by atoms with Gasteiger partial charge in [0, 0.05) is 5.56 Å². The third-order valence-electron chi connectivity index (χ3n) is 2.78. The zero-order valence-corrected chi connectivity index (χ0v) is 14.8. The lowest BCUT2D eigenvalue weighted by molar-refractivity contribution is -0.136. The Bertz CT molecular complexity index is 630. The molecule has 0 aliphatic heterocycles. The molecule has 0 fully saturated rings. The van der Waals surface area contributed by atoms with Crippen LogP contribution in [0.1, 0.15) is 26.3 Å². The highest BCUT2D eigenvalue weighted by Crippen LogP contribution is 2.26. The first kappa shape index (κ1) is 19.3. The topological polar surface area (TPSA) is 83.1 Å². The quantitative estimate of drug-likeness (QED) is 0.657. The van der Waals surface area contributed by atoms with Crippen LogP contribution < -0.4 is 14.8 Å². The molecule has 1 rings (SSSR count). The van der Waals surface area contributed by atoms with Crippen LogP contribution in [0.4, 0.5) is 4.79 Å². The number of hydrogen-bond donors (Lipinski definition) is 1. The van der Waals surface area contributed by atoms with Gasteiger partial charge in [-0.3, -0.25) is 5.32 Å². The van der Waals surface area contributed by atoms with Crippen molar-refractivity contribution in [1.29, 1.82) is 0 Å². The van der Waals surface area contributed by atoms with E-state index < -0.39 is 17.7 Å². The minimum atomic E-state index is -0.763. The lowest BCUT2D eigenvalue weighted by atomic mass is 10.1. The Balaban J connectivity index is 3.19. The molecule has 0 atom stereocenters. The minimum absolute atomic E-state index is 0.0849. The SMILES string of the molecule is COC(=O)/C(=C\c1cc(OC)ccc1OC)NC(=O)OC(C)(C)C. The summed E-state index contributed by atoms with van der Waals surface area (Å²) in [5, 5.41) is 2.39. The maximum absolute atomic E-state index is 11.9.